The number of rotatable bonds is 6. The topological polar surface area (TPSA) is 93.5 Å². The Kier molecular flexibility index (Phi) is 6.15. The number of carbonyl (C=O) groups excluding carboxylic acids is 2. The summed E-state index contributed by atoms with van der Waals surface area (Å²) in [6, 6.07) is 12.0. The van der Waals surface area contributed by atoms with E-state index in [1.54, 1.807) is 44.3 Å². The lowest BCUT2D eigenvalue weighted by Crippen LogP contribution is -2.28. The highest BCUT2D eigenvalue weighted by atomic mass is 19.1. The Morgan fingerprint density at radius 3 is 2.17 bits per heavy atom. The van der Waals surface area contributed by atoms with E-state index in [1.165, 1.54) is 31.4 Å². The fourth-order valence-electron chi connectivity index (χ4n) is 2.80. The molecular formula is C22H22FN3O4. The summed E-state index contributed by atoms with van der Waals surface area (Å²) >= 11 is 0. The Morgan fingerprint density at radius 2 is 1.60 bits per heavy atom. The number of anilines is 2. The molecule has 0 aliphatic carbocycles. The number of esters is 1. The van der Waals surface area contributed by atoms with Gasteiger partial charge in [0.1, 0.15) is 5.82 Å². The first kappa shape index (κ1) is 21.0. The highest BCUT2D eigenvalue weighted by molar-refractivity contribution is 5.99. The van der Waals surface area contributed by atoms with Gasteiger partial charge in [-0.15, -0.1) is 0 Å². The van der Waals surface area contributed by atoms with Crippen LogP contribution in [0.4, 0.5) is 20.6 Å². The van der Waals surface area contributed by atoms with Crippen molar-refractivity contribution in [1.29, 1.82) is 0 Å². The molecule has 0 aliphatic rings. The highest BCUT2D eigenvalue weighted by Gasteiger charge is 2.31. The normalized spacial score (nSPS) is 11.1. The van der Waals surface area contributed by atoms with E-state index in [0.717, 1.165) is 5.56 Å². The first-order chi connectivity index (χ1) is 14.3. The predicted molar refractivity (Wildman–Crippen MR) is 110 cm³/mol. The Balaban J connectivity index is 1.62. The van der Waals surface area contributed by atoms with Gasteiger partial charge in [0.15, 0.2) is 11.7 Å². The molecule has 0 aliphatic heterocycles. The smallest absolute Gasteiger partial charge is 0.323 e. The Morgan fingerprint density at radius 1 is 1.03 bits per heavy atom. The van der Waals surface area contributed by atoms with Crippen molar-refractivity contribution < 1.29 is 23.1 Å². The SMILES string of the molecule is COC(=O)C(C)(C)Cc1ncc(-c2ccc(NC(=O)Nc3ccc(F)cc3)cc2)o1. The third-order valence-corrected chi connectivity index (χ3v) is 4.41. The number of carbonyl (C=O) groups is 2. The predicted octanol–water partition coefficient (Wildman–Crippen LogP) is 4.87. The van der Waals surface area contributed by atoms with Crippen LogP contribution >= 0.6 is 0 Å². The second kappa shape index (κ2) is 8.77. The van der Waals surface area contributed by atoms with Crippen LogP contribution in [0.3, 0.4) is 0 Å². The summed E-state index contributed by atoms with van der Waals surface area (Å²) in [5, 5.41) is 5.32. The molecular weight excluding hydrogens is 389 g/mol. The number of ether oxygens (including phenoxy) is 1. The minimum absolute atomic E-state index is 0.308. The van der Waals surface area contributed by atoms with Crippen molar-refractivity contribution in [2.45, 2.75) is 20.3 Å². The van der Waals surface area contributed by atoms with E-state index in [1.807, 2.05) is 0 Å². The lowest BCUT2D eigenvalue weighted by atomic mass is 9.89. The summed E-state index contributed by atoms with van der Waals surface area (Å²) in [6.45, 7) is 3.53. The van der Waals surface area contributed by atoms with E-state index in [4.69, 9.17) is 9.15 Å². The molecule has 2 amide bonds. The van der Waals surface area contributed by atoms with Crippen LogP contribution in [0.2, 0.25) is 0 Å². The average molecular weight is 411 g/mol. The number of halogens is 1. The zero-order chi connectivity index (χ0) is 21.7. The molecule has 156 valence electrons. The lowest BCUT2D eigenvalue weighted by Gasteiger charge is -2.18. The molecule has 0 bridgehead atoms. The number of urea groups is 1. The van der Waals surface area contributed by atoms with Crippen LogP contribution in [0.15, 0.2) is 59.1 Å². The van der Waals surface area contributed by atoms with Crippen LogP contribution in [0.5, 0.6) is 0 Å². The van der Waals surface area contributed by atoms with Gasteiger partial charge in [-0.1, -0.05) is 0 Å². The van der Waals surface area contributed by atoms with Crippen molar-refractivity contribution in [3.05, 3.63) is 66.4 Å². The number of hydrogen-bond donors (Lipinski definition) is 2. The second-order valence-corrected chi connectivity index (χ2v) is 7.33. The molecule has 1 aromatic heterocycles. The third kappa shape index (κ3) is 5.22. The van der Waals surface area contributed by atoms with Gasteiger partial charge in [0, 0.05) is 23.4 Å². The quantitative estimate of drug-likeness (QED) is 0.565. The molecule has 0 saturated heterocycles. The van der Waals surface area contributed by atoms with Crippen LogP contribution < -0.4 is 10.6 Å². The molecule has 2 N–H and O–H groups in total. The molecule has 0 saturated carbocycles. The Bertz CT molecular complexity index is 1030. The zero-order valence-corrected chi connectivity index (χ0v) is 16.9. The minimum atomic E-state index is -0.747. The number of benzene rings is 2. The Hall–Kier alpha value is -3.68. The van der Waals surface area contributed by atoms with Crippen LogP contribution in [0, 0.1) is 11.2 Å². The standard InChI is InChI=1S/C22H22FN3O4/c1-22(2,20(27)29-3)12-19-24-13-18(30-19)14-4-8-16(9-5-14)25-21(28)26-17-10-6-15(23)7-11-17/h4-11,13H,12H2,1-3H3,(H2,25,26,28). The van der Waals surface area contributed by atoms with Gasteiger partial charge in [-0.3, -0.25) is 4.79 Å². The van der Waals surface area contributed by atoms with E-state index in [-0.39, 0.29) is 11.8 Å². The average Bonchev–Trinajstić information content (AvgIpc) is 3.17. The maximum atomic E-state index is 12.9. The summed E-state index contributed by atoms with van der Waals surface area (Å²) < 4.78 is 23.5. The molecule has 2 aromatic carbocycles. The molecule has 0 atom stereocenters. The van der Waals surface area contributed by atoms with Gasteiger partial charge in [0.25, 0.3) is 0 Å². The summed E-state index contributed by atoms with van der Waals surface area (Å²) in [6.07, 6.45) is 1.90. The minimum Gasteiger partial charge on any atom is -0.469 e. The maximum Gasteiger partial charge on any atom is 0.323 e. The van der Waals surface area contributed by atoms with Crippen molar-refractivity contribution in [3.63, 3.8) is 0 Å². The summed E-state index contributed by atoms with van der Waals surface area (Å²) in [5.41, 5.74) is 1.08. The molecule has 3 aromatic rings. The van der Waals surface area contributed by atoms with Crippen LogP contribution in [-0.2, 0) is 16.0 Å². The maximum absolute atomic E-state index is 12.9. The monoisotopic (exact) mass is 411 g/mol. The van der Waals surface area contributed by atoms with E-state index < -0.39 is 11.4 Å². The van der Waals surface area contributed by atoms with E-state index in [9.17, 15) is 14.0 Å². The van der Waals surface area contributed by atoms with Crippen LogP contribution in [0.1, 0.15) is 19.7 Å². The first-order valence-electron chi connectivity index (χ1n) is 9.24. The molecule has 0 radical (unpaired) electrons. The van der Waals surface area contributed by atoms with Gasteiger partial charge in [0.05, 0.1) is 18.7 Å². The van der Waals surface area contributed by atoms with Gasteiger partial charge in [-0.25, -0.2) is 14.2 Å². The summed E-state index contributed by atoms with van der Waals surface area (Å²) in [7, 11) is 1.35. The van der Waals surface area contributed by atoms with Crippen molar-refractivity contribution in [1.82, 2.24) is 4.98 Å². The molecule has 0 spiro atoms. The van der Waals surface area contributed by atoms with Crippen LogP contribution in [-0.4, -0.2) is 24.1 Å². The first-order valence-corrected chi connectivity index (χ1v) is 9.24. The van der Waals surface area contributed by atoms with Crippen molar-refractivity contribution >= 4 is 23.4 Å². The molecule has 7 nitrogen and oxygen atoms in total. The lowest BCUT2D eigenvalue weighted by molar-refractivity contribution is -0.150. The number of nitrogens with zero attached hydrogens (tertiary/aromatic N) is 1. The molecule has 8 heteroatoms. The van der Waals surface area contributed by atoms with Gasteiger partial charge in [-0.05, 0) is 62.4 Å². The molecule has 30 heavy (non-hydrogen) atoms. The molecule has 1 heterocycles. The fourth-order valence-corrected chi connectivity index (χ4v) is 2.80. The van der Waals surface area contributed by atoms with Crippen molar-refractivity contribution in [3.8, 4) is 11.3 Å². The van der Waals surface area contributed by atoms with E-state index in [2.05, 4.69) is 15.6 Å². The largest absolute Gasteiger partial charge is 0.469 e. The van der Waals surface area contributed by atoms with Gasteiger partial charge >= 0.3 is 12.0 Å². The van der Waals surface area contributed by atoms with Gasteiger partial charge < -0.3 is 19.8 Å². The van der Waals surface area contributed by atoms with Gasteiger partial charge in [0.2, 0.25) is 0 Å². The molecule has 0 fully saturated rings. The van der Waals surface area contributed by atoms with Crippen LogP contribution in [0.25, 0.3) is 11.3 Å². The Labute approximate surface area is 173 Å². The number of nitrogens with one attached hydrogen (secondary N) is 2. The number of hydrogen-bond acceptors (Lipinski definition) is 5. The number of aromatic nitrogens is 1. The second-order valence-electron chi connectivity index (χ2n) is 7.33. The van der Waals surface area contributed by atoms with E-state index >= 15 is 0 Å². The number of methoxy groups -OCH3 is 1. The molecule has 0 unspecified atom stereocenters. The molecule has 3 rings (SSSR count). The summed E-state index contributed by atoms with van der Waals surface area (Å²) in [4.78, 5) is 28.1. The van der Waals surface area contributed by atoms with Gasteiger partial charge in [-0.2, -0.15) is 0 Å². The number of oxazole rings is 1. The van der Waals surface area contributed by atoms with Crippen molar-refractivity contribution in [2.75, 3.05) is 17.7 Å². The highest BCUT2D eigenvalue weighted by Crippen LogP contribution is 2.27. The zero-order valence-electron chi connectivity index (χ0n) is 16.9. The fraction of sp³-hybridized carbons (Fsp3) is 0.227. The third-order valence-electron chi connectivity index (χ3n) is 4.41. The van der Waals surface area contributed by atoms with E-state index in [0.29, 0.717) is 29.4 Å². The summed E-state index contributed by atoms with van der Waals surface area (Å²) in [5.74, 6) is 0.270. The number of amides is 2. The van der Waals surface area contributed by atoms with Crippen molar-refractivity contribution in [2.24, 2.45) is 5.41 Å².